The third-order valence-corrected chi connectivity index (χ3v) is 5.94. The summed E-state index contributed by atoms with van der Waals surface area (Å²) in [5, 5.41) is 4.67. The van der Waals surface area contributed by atoms with Gasteiger partial charge in [-0.3, -0.25) is 19.8 Å². The summed E-state index contributed by atoms with van der Waals surface area (Å²) < 4.78 is 1.74. The molecule has 1 fully saturated rings. The summed E-state index contributed by atoms with van der Waals surface area (Å²) in [6, 6.07) is 17.0. The normalized spacial score (nSPS) is 16.5. The first-order valence-electron chi connectivity index (χ1n) is 11.3. The van der Waals surface area contributed by atoms with Gasteiger partial charge in [-0.1, -0.05) is 18.2 Å². The first-order chi connectivity index (χ1) is 16.7. The number of nitrogens with two attached hydrogens (primary N) is 1. The van der Waals surface area contributed by atoms with Crippen LogP contribution in [0.4, 0.5) is 0 Å². The fraction of sp³-hybridized carbons (Fsp3) is 0.192. The van der Waals surface area contributed by atoms with Crippen LogP contribution in [0.1, 0.15) is 28.9 Å². The highest BCUT2D eigenvalue weighted by Gasteiger charge is 2.33. The molecule has 1 amide bonds. The molecule has 2 N–H and O–H groups in total. The highest BCUT2D eigenvalue weighted by atomic mass is 16.2. The van der Waals surface area contributed by atoms with Crippen molar-refractivity contribution in [1.29, 1.82) is 0 Å². The SMILES string of the molecule is N/C(=C\C=NC[C@@H]1CCCN1C(=O)c1c(-c2ccccn2)nn2ccccc12)c1ccccn1. The lowest BCUT2D eigenvalue weighted by Crippen LogP contribution is -2.37. The largest absolute Gasteiger partial charge is 0.397 e. The van der Waals surface area contributed by atoms with E-state index in [4.69, 9.17) is 5.73 Å². The first kappa shape index (κ1) is 21.5. The number of hydrogen-bond acceptors (Lipinski definition) is 6. The highest BCUT2D eigenvalue weighted by molar-refractivity contribution is 6.06. The van der Waals surface area contributed by atoms with Crippen molar-refractivity contribution in [3.63, 3.8) is 0 Å². The second-order valence-electron chi connectivity index (χ2n) is 8.11. The molecule has 4 aromatic heterocycles. The average Bonchev–Trinajstić information content (AvgIpc) is 3.52. The Labute approximate surface area is 197 Å². The van der Waals surface area contributed by atoms with E-state index in [1.54, 1.807) is 29.2 Å². The molecule has 0 aliphatic carbocycles. The van der Waals surface area contributed by atoms with Crippen LogP contribution < -0.4 is 5.73 Å². The molecule has 0 unspecified atom stereocenters. The number of nitrogens with zero attached hydrogens (tertiary/aromatic N) is 6. The Bertz CT molecular complexity index is 1350. The zero-order valence-electron chi connectivity index (χ0n) is 18.7. The maximum atomic E-state index is 13.8. The molecule has 8 heteroatoms. The van der Waals surface area contributed by atoms with Gasteiger partial charge in [0.25, 0.3) is 5.91 Å². The zero-order chi connectivity index (χ0) is 23.3. The number of rotatable bonds is 6. The standard InChI is InChI=1S/C26H25N7O/c27-20(21-9-1-4-13-29-21)12-15-28-18-19-8-7-16-32(19)26(34)24-23-11-3-6-17-33(23)31-25(24)22-10-2-5-14-30-22/h1-6,9-15,17,19H,7-8,16,18,27H2/b20-12-,28-15?/t19-/m0/s1. The van der Waals surface area contributed by atoms with E-state index in [0.717, 1.165) is 18.4 Å². The lowest BCUT2D eigenvalue weighted by molar-refractivity contribution is 0.0744. The van der Waals surface area contributed by atoms with Gasteiger partial charge in [0.2, 0.25) is 0 Å². The Balaban J connectivity index is 1.38. The summed E-state index contributed by atoms with van der Waals surface area (Å²) in [7, 11) is 0. The van der Waals surface area contributed by atoms with Crippen molar-refractivity contribution in [2.75, 3.05) is 13.1 Å². The van der Waals surface area contributed by atoms with Gasteiger partial charge in [0, 0.05) is 31.3 Å². The van der Waals surface area contributed by atoms with Crippen LogP contribution in [0.2, 0.25) is 0 Å². The van der Waals surface area contributed by atoms with Gasteiger partial charge in [0.1, 0.15) is 5.69 Å². The lowest BCUT2D eigenvalue weighted by atomic mass is 10.1. The van der Waals surface area contributed by atoms with E-state index in [0.29, 0.717) is 41.4 Å². The van der Waals surface area contributed by atoms with Crippen LogP contribution in [0, 0.1) is 0 Å². The number of likely N-dealkylation sites (tertiary alicyclic amines) is 1. The molecule has 1 saturated heterocycles. The molecule has 1 aliphatic rings. The number of carbonyl (C=O) groups is 1. The number of aromatic nitrogens is 4. The maximum absolute atomic E-state index is 13.8. The quantitative estimate of drug-likeness (QED) is 0.452. The molecule has 8 nitrogen and oxygen atoms in total. The Morgan fingerprint density at radius 2 is 1.91 bits per heavy atom. The smallest absolute Gasteiger partial charge is 0.258 e. The molecule has 0 spiro atoms. The van der Waals surface area contributed by atoms with Crippen molar-refractivity contribution < 1.29 is 4.79 Å². The van der Waals surface area contributed by atoms with Gasteiger partial charge in [0.15, 0.2) is 0 Å². The van der Waals surface area contributed by atoms with Crippen molar-refractivity contribution in [3.05, 3.63) is 90.5 Å². The molecule has 1 aliphatic heterocycles. The molecule has 0 radical (unpaired) electrons. The predicted molar refractivity (Wildman–Crippen MR) is 132 cm³/mol. The Kier molecular flexibility index (Phi) is 6.11. The summed E-state index contributed by atoms with van der Waals surface area (Å²) >= 11 is 0. The molecule has 0 bridgehead atoms. The number of fused-ring (bicyclic) bond motifs is 1. The van der Waals surface area contributed by atoms with Crippen LogP contribution in [0.3, 0.4) is 0 Å². The van der Waals surface area contributed by atoms with E-state index in [1.165, 1.54) is 0 Å². The number of aliphatic imine (C=N–C) groups is 1. The van der Waals surface area contributed by atoms with Crippen LogP contribution in [-0.2, 0) is 0 Å². The number of allylic oxidation sites excluding steroid dienone is 1. The van der Waals surface area contributed by atoms with Gasteiger partial charge in [-0.05, 0) is 55.3 Å². The van der Waals surface area contributed by atoms with Crippen molar-refractivity contribution in [1.82, 2.24) is 24.5 Å². The summed E-state index contributed by atoms with van der Waals surface area (Å²) in [6.07, 6.45) is 10.5. The second-order valence-corrected chi connectivity index (χ2v) is 8.11. The van der Waals surface area contributed by atoms with E-state index < -0.39 is 0 Å². The van der Waals surface area contributed by atoms with E-state index in [-0.39, 0.29) is 11.9 Å². The molecule has 34 heavy (non-hydrogen) atoms. The Hall–Kier alpha value is -4.33. The minimum atomic E-state index is -0.0388. The minimum absolute atomic E-state index is 0.0171. The van der Waals surface area contributed by atoms with Gasteiger partial charge in [-0.2, -0.15) is 5.10 Å². The lowest BCUT2D eigenvalue weighted by Gasteiger charge is -2.23. The molecule has 0 saturated carbocycles. The summed E-state index contributed by atoms with van der Waals surface area (Å²) in [4.78, 5) is 28.9. The van der Waals surface area contributed by atoms with Crippen molar-refractivity contribution in [2.45, 2.75) is 18.9 Å². The monoisotopic (exact) mass is 451 g/mol. The van der Waals surface area contributed by atoms with Crippen molar-refractivity contribution in [3.8, 4) is 11.4 Å². The Morgan fingerprint density at radius 1 is 1.09 bits per heavy atom. The third kappa shape index (κ3) is 4.30. The first-order valence-corrected chi connectivity index (χ1v) is 11.3. The predicted octanol–water partition coefficient (Wildman–Crippen LogP) is 3.47. The fourth-order valence-corrected chi connectivity index (χ4v) is 4.26. The van der Waals surface area contributed by atoms with E-state index in [9.17, 15) is 4.79 Å². The minimum Gasteiger partial charge on any atom is -0.397 e. The third-order valence-electron chi connectivity index (χ3n) is 5.94. The van der Waals surface area contributed by atoms with Gasteiger partial charge in [-0.25, -0.2) is 4.52 Å². The van der Waals surface area contributed by atoms with Gasteiger partial charge in [0.05, 0.1) is 40.8 Å². The second kappa shape index (κ2) is 9.66. The molecule has 0 aromatic carbocycles. The fourth-order valence-electron chi connectivity index (χ4n) is 4.26. The number of carbonyl (C=O) groups excluding carboxylic acids is 1. The van der Waals surface area contributed by atoms with Crippen LogP contribution in [0.5, 0.6) is 0 Å². The average molecular weight is 452 g/mol. The van der Waals surface area contributed by atoms with Crippen LogP contribution in [-0.4, -0.2) is 55.7 Å². The molecular weight excluding hydrogens is 426 g/mol. The molecule has 4 aromatic rings. The number of pyridine rings is 3. The molecular formula is C26H25N7O. The number of hydrogen-bond donors (Lipinski definition) is 1. The van der Waals surface area contributed by atoms with E-state index >= 15 is 0 Å². The van der Waals surface area contributed by atoms with Crippen molar-refractivity contribution >= 4 is 23.3 Å². The van der Waals surface area contributed by atoms with E-state index in [1.807, 2.05) is 65.7 Å². The topological polar surface area (TPSA) is 102 Å². The molecule has 170 valence electrons. The maximum Gasteiger partial charge on any atom is 0.258 e. The van der Waals surface area contributed by atoms with Gasteiger partial charge < -0.3 is 10.6 Å². The number of amides is 1. The summed E-state index contributed by atoms with van der Waals surface area (Å²) in [5.74, 6) is -0.0388. The molecule has 1 atom stereocenters. The van der Waals surface area contributed by atoms with E-state index in [2.05, 4.69) is 20.1 Å². The summed E-state index contributed by atoms with van der Waals surface area (Å²) in [6.45, 7) is 1.20. The van der Waals surface area contributed by atoms with Gasteiger partial charge in [-0.15, -0.1) is 0 Å². The summed E-state index contributed by atoms with van der Waals surface area (Å²) in [5.41, 5.74) is 9.97. The highest BCUT2D eigenvalue weighted by Crippen LogP contribution is 2.29. The van der Waals surface area contributed by atoms with Crippen molar-refractivity contribution in [2.24, 2.45) is 10.7 Å². The molecule has 5 heterocycles. The van der Waals surface area contributed by atoms with Gasteiger partial charge >= 0.3 is 0 Å². The van der Waals surface area contributed by atoms with Crippen LogP contribution >= 0.6 is 0 Å². The Morgan fingerprint density at radius 3 is 2.71 bits per heavy atom. The zero-order valence-corrected chi connectivity index (χ0v) is 18.7. The molecule has 5 rings (SSSR count). The van der Waals surface area contributed by atoms with Crippen LogP contribution in [0.15, 0.2) is 84.3 Å². The van der Waals surface area contributed by atoms with Crippen LogP contribution in [0.25, 0.3) is 22.6 Å².